The third-order valence-electron chi connectivity index (χ3n) is 4.04. The molecule has 0 spiro atoms. The fourth-order valence-electron chi connectivity index (χ4n) is 2.73. The van der Waals surface area contributed by atoms with Gasteiger partial charge in [-0.3, -0.25) is 5.10 Å². The summed E-state index contributed by atoms with van der Waals surface area (Å²) < 4.78 is 27.0. The molecular weight excluding hydrogens is 326 g/mol. The Balaban J connectivity index is 2.07. The van der Waals surface area contributed by atoms with Crippen LogP contribution in [0.15, 0.2) is 48.5 Å². The number of aryl methyl sites for hydroxylation is 1. The molecule has 3 N–H and O–H groups in total. The van der Waals surface area contributed by atoms with E-state index in [-0.39, 0.29) is 6.61 Å². The van der Waals surface area contributed by atoms with E-state index in [4.69, 9.17) is 5.11 Å². The molecule has 0 unspecified atom stereocenters. The Hall–Kier alpha value is -2.57. The summed E-state index contributed by atoms with van der Waals surface area (Å²) in [7, 11) is 0. The van der Waals surface area contributed by atoms with Crippen LogP contribution in [0.2, 0.25) is 0 Å². The van der Waals surface area contributed by atoms with Crippen LogP contribution in [-0.4, -0.2) is 33.1 Å². The van der Waals surface area contributed by atoms with Crippen LogP contribution < -0.4 is 0 Å². The average molecular weight is 344 g/mol. The highest BCUT2D eigenvalue weighted by Gasteiger charge is 2.18. The lowest BCUT2D eigenvalue weighted by Gasteiger charge is -2.09. The average Bonchev–Trinajstić information content (AvgIpc) is 3.06. The number of nitrogens with zero attached hydrogens (tertiary/aromatic N) is 1. The van der Waals surface area contributed by atoms with Gasteiger partial charge in [0.05, 0.1) is 12.7 Å². The molecule has 1 heterocycles. The summed E-state index contributed by atoms with van der Waals surface area (Å²) in [6, 6.07) is 13.1. The number of rotatable bonds is 6. The molecule has 3 aromatic rings. The smallest absolute Gasteiger partial charge is 0.159 e. The maximum Gasteiger partial charge on any atom is 0.159 e. The van der Waals surface area contributed by atoms with E-state index in [0.29, 0.717) is 35.4 Å². The fraction of sp³-hybridized carbons (Fsp3) is 0.211. The van der Waals surface area contributed by atoms with Gasteiger partial charge in [-0.25, -0.2) is 8.78 Å². The second-order valence-electron chi connectivity index (χ2n) is 5.80. The largest absolute Gasteiger partial charge is 0.394 e. The number of aromatic nitrogens is 2. The van der Waals surface area contributed by atoms with Crippen LogP contribution in [0.5, 0.6) is 0 Å². The predicted octanol–water partition coefficient (Wildman–Crippen LogP) is 3.31. The van der Waals surface area contributed by atoms with Gasteiger partial charge in [0.25, 0.3) is 0 Å². The molecule has 0 fully saturated rings. The zero-order valence-electron chi connectivity index (χ0n) is 13.4. The Morgan fingerprint density at radius 1 is 1.00 bits per heavy atom. The van der Waals surface area contributed by atoms with Gasteiger partial charge < -0.3 is 10.2 Å². The first-order chi connectivity index (χ1) is 12.1. The lowest BCUT2D eigenvalue weighted by molar-refractivity contribution is 0.0884. The van der Waals surface area contributed by atoms with Crippen molar-refractivity contribution in [2.24, 2.45) is 0 Å². The maximum absolute atomic E-state index is 13.7. The van der Waals surface area contributed by atoms with Gasteiger partial charge in [-0.2, -0.15) is 5.10 Å². The first kappa shape index (κ1) is 17.3. The Morgan fingerprint density at radius 3 is 2.44 bits per heavy atom. The Labute approximate surface area is 143 Å². The van der Waals surface area contributed by atoms with Gasteiger partial charge in [0.15, 0.2) is 11.6 Å². The summed E-state index contributed by atoms with van der Waals surface area (Å²) >= 11 is 0. The predicted molar refractivity (Wildman–Crippen MR) is 90.8 cm³/mol. The van der Waals surface area contributed by atoms with Crippen LogP contribution in [0.4, 0.5) is 8.78 Å². The molecule has 1 aromatic heterocycles. The van der Waals surface area contributed by atoms with Crippen molar-refractivity contribution < 1.29 is 19.0 Å². The lowest BCUT2D eigenvalue weighted by atomic mass is 9.96. The molecule has 0 amide bonds. The standard InChI is InChI=1S/C19H18F2N2O2/c20-15-8-6-13(10-16(15)21)18-17(9-7-14(25)11-24)22-23-19(18)12-4-2-1-3-5-12/h1-6,8,10,14,24-25H,7,9,11H2,(H,22,23)/t14-/m1/s1. The first-order valence-electron chi connectivity index (χ1n) is 7.97. The Morgan fingerprint density at radius 2 is 1.76 bits per heavy atom. The molecule has 0 aliphatic carbocycles. The van der Waals surface area contributed by atoms with Crippen LogP contribution in [0, 0.1) is 11.6 Å². The van der Waals surface area contributed by atoms with Crippen molar-refractivity contribution in [2.75, 3.05) is 6.61 Å². The van der Waals surface area contributed by atoms with Crippen molar-refractivity contribution in [3.63, 3.8) is 0 Å². The maximum atomic E-state index is 13.7. The molecule has 0 saturated heterocycles. The molecule has 0 radical (unpaired) electrons. The minimum atomic E-state index is -0.931. The highest BCUT2D eigenvalue weighted by molar-refractivity contribution is 5.82. The summed E-state index contributed by atoms with van der Waals surface area (Å²) in [5, 5.41) is 25.8. The van der Waals surface area contributed by atoms with Crippen LogP contribution in [0.25, 0.3) is 22.4 Å². The molecule has 0 saturated carbocycles. The molecule has 6 heteroatoms. The molecule has 130 valence electrons. The van der Waals surface area contributed by atoms with Crippen molar-refractivity contribution in [1.29, 1.82) is 0 Å². The fourth-order valence-corrected chi connectivity index (χ4v) is 2.73. The molecule has 0 bridgehead atoms. The monoisotopic (exact) mass is 344 g/mol. The summed E-state index contributed by atoms with van der Waals surface area (Å²) in [5.41, 5.74) is 3.32. The van der Waals surface area contributed by atoms with E-state index < -0.39 is 17.7 Å². The molecule has 0 aliphatic heterocycles. The van der Waals surface area contributed by atoms with E-state index in [9.17, 15) is 13.9 Å². The quantitative estimate of drug-likeness (QED) is 0.643. The second kappa shape index (κ2) is 7.55. The summed E-state index contributed by atoms with van der Waals surface area (Å²) in [5.74, 6) is -1.84. The molecule has 4 nitrogen and oxygen atoms in total. The van der Waals surface area contributed by atoms with Gasteiger partial charge in [0, 0.05) is 16.8 Å². The van der Waals surface area contributed by atoms with Gasteiger partial charge in [0.1, 0.15) is 5.69 Å². The van der Waals surface area contributed by atoms with Crippen LogP contribution in [0.1, 0.15) is 12.1 Å². The van der Waals surface area contributed by atoms with Crippen molar-refractivity contribution in [3.8, 4) is 22.4 Å². The van der Waals surface area contributed by atoms with E-state index in [1.165, 1.54) is 6.07 Å². The van der Waals surface area contributed by atoms with Crippen molar-refractivity contribution in [3.05, 3.63) is 65.9 Å². The van der Waals surface area contributed by atoms with E-state index >= 15 is 0 Å². The Bertz CT molecular complexity index is 850. The number of halogens is 2. The number of aliphatic hydroxyl groups excluding tert-OH is 2. The van der Waals surface area contributed by atoms with Crippen LogP contribution in [-0.2, 0) is 6.42 Å². The summed E-state index contributed by atoms with van der Waals surface area (Å²) in [6.45, 7) is -0.333. The van der Waals surface area contributed by atoms with E-state index in [2.05, 4.69) is 10.2 Å². The van der Waals surface area contributed by atoms with Gasteiger partial charge in [-0.1, -0.05) is 36.4 Å². The SMILES string of the molecule is OC[C@H](O)CCc1[nH]nc(-c2ccccc2)c1-c1ccc(F)c(F)c1. The number of aliphatic hydroxyl groups is 2. The number of benzene rings is 2. The third-order valence-corrected chi connectivity index (χ3v) is 4.04. The number of hydrogen-bond donors (Lipinski definition) is 3. The van der Waals surface area contributed by atoms with E-state index in [0.717, 1.165) is 17.7 Å². The summed E-state index contributed by atoms with van der Waals surface area (Å²) in [4.78, 5) is 0. The zero-order chi connectivity index (χ0) is 17.8. The number of aromatic amines is 1. The highest BCUT2D eigenvalue weighted by atomic mass is 19.2. The normalized spacial score (nSPS) is 12.3. The van der Waals surface area contributed by atoms with Crippen LogP contribution >= 0.6 is 0 Å². The minimum Gasteiger partial charge on any atom is -0.394 e. The third kappa shape index (κ3) is 3.75. The number of H-pyrrole nitrogens is 1. The van der Waals surface area contributed by atoms with Crippen molar-refractivity contribution >= 4 is 0 Å². The molecule has 2 aromatic carbocycles. The van der Waals surface area contributed by atoms with Gasteiger partial charge in [-0.15, -0.1) is 0 Å². The van der Waals surface area contributed by atoms with Gasteiger partial charge in [-0.05, 0) is 30.5 Å². The molecule has 1 atom stereocenters. The van der Waals surface area contributed by atoms with Gasteiger partial charge in [0.2, 0.25) is 0 Å². The zero-order valence-corrected chi connectivity index (χ0v) is 13.4. The summed E-state index contributed by atoms with van der Waals surface area (Å²) in [6.07, 6.45) is -0.110. The Kier molecular flexibility index (Phi) is 5.21. The van der Waals surface area contributed by atoms with Crippen LogP contribution in [0.3, 0.4) is 0 Å². The lowest BCUT2D eigenvalue weighted by Crippen LogP contribution is -2.13. The van der Waals surface area contributed by atoms with E-state index in [1.54, 1.807) is 0 Å². The first-order valence-corrected chi connectivity index (χ1v) is 7.97. The van der Waals surface area contributed by atoms with Crippen molar-refractivity contribution in [1.82, 2.24) is 10.2 Å². The molecular formula is C19H18F2N2O2. The van der Waals surface area contributed by atoms with Gasteiger partial charge >= 0.3 is 0 Å². The second-order valence-corrected chi connectivity index (χ2v) is 5.80. The highest BCUT2D eigenvalue weighted by Crippen LogP contribution is 2.34. The van der Waals surface area contributed by atoms with Crippen molar-refractivity contribution in [2.45, 2.75) is 18.9 Å². The molecule has 0 aliphatic rings. The number of nitrogens with one attached hydrogen (secondary N) is 1. The number of hydrogen-bond acceptors (Lipinski definition) is 3. The molecule has 25 heavy (non-hydrogen) atoms. The molecule has 3 rings (SSSR count). The minimum absolute atomic E-state index is 0.323. The van der Waals surface area contributed by atoms with E-state index in [1.807, 2.05) is 30.3 Å². The topological polar surface area (TPSA) is 69.1 Å².